The molecule has 22 heavy (non-hydrogen) atoms. The Morgan fingerprint density at radius 1 is 1.36 bits per heavy atom. The maximum Gasteiger partial charge on any atom is 0.344 e. The van der Waals surface area contributed by atoms with E-state index >= 15 is 0 Å². The van der Waals surface area contributed by atoms with E-state index in [1.807, 2.05) is 0 Å². The zero-order chi connectivity index (χ0) is 16.3. The summed E-state index contributed by atoms with van der Waals surface area (Å²) in [5.41, 5.74) is 0.871. The predicted molar refractivity (Wildman–Crippen MR) is 75.9 cm³/mol. The molecular weight excluding hydrogens is 291 g/mol. The van der Waals surface area contributed by atoms with Gasteiger partial charge in [-0.05, 0) is 39.0 Å². The van der Waals surface area contributed by atoms with Crippen molar-refractivity contribution in [3.8, 4) is 0 Å². The van der Waals surface area contributed by atoms with Gasteiger partial charge in [-0.3, -0.25) is 4.79 Å². The number of nitrogens with zero attached hydrogens (tertiary/aromatic N) is 1. The van der Waals surface area contributed by atoms with Gasteiger partial charge in [0.2, 0.25) is 0 Å². The van der Waals surface area contributed by atoms with E-state index in [0.29, 0.717) is 11.5 Å². The van der Waals surface area contributed by atoms with Gasteiger partial charge >= 0.3 is 5.97 Å². The maximum absolute atomic E-state index is 13.0. The van der Waals surface area contributed by atoms with Crippen molar-refractivity contribution in [1.82, 2.24) is 5.16 Å². The molecule has 0 spiro atoms. The van der Waals surface area contributed by atoms with Gasteiger partial charge in [-0.1, -0.05) is 11.2 Å². The normalized spacial score (nSPS) is 11.8. The average Bonchev–Trinajstić information content (AvgIpc) is 2.78. The minimum atomic E-state index is -1.05. The lowest BCUT2D eigenvalue weighted by atomic mass is 10.2. The summed E-state index contributed by atoms with van der Waals surface area (Å²) >= 11 is 0. The van der Waals surface area contributed by atoms with Crippen molar-refractivity contribution in [2.24, 2.45) is 0 Å². The van der Waals surface area contributed by atoms with E-state index in [1.54, 1.807) is 13.8 Å². The molecule has 7 heteroatoms. The highest BCUT2D eigenvalue weighted by Crippen LogP contribution is 2.15. The van der Waals surface area contributed by atoms with Crippen molar-refractivity contribution in [3.63, 3.8) is 0 Å². The number of rotatable bonds is 4. The number of hydrogen-bond donors (Lipinski definition) is 1. The molecule has 0 aliphatic carbocycles. The van der Waals surface area contributed by atoms with Gasteiger partial charge < -0.3 is 14.6 Å². The standard InChI is InChI=1S/C15H15FN2O4/c1-8-13(9(2)22-18-8)15(20)21-10(3)14(19)17-12-6-4-5-11(16)7-12/h4-7,10H,1-3H3,(H,17,19)/t10-/m0/s1. The summed E-state index contributed by atoms with van der Waals surface area (Å²) in [5.74, 6) is -1.41. The van der Waals surface area contributed by atoms with Gasteiger partial charge in [0.15, 0.2) is 6.10 Å². The predicted octanol–water partition coefficient (Wildman–Crippen LogP) is 2.61. The Morgan fingerprint density at radius 3 is 2.68 bits per heavy atom. The van der Waals surface area contributed by atoms with Crippen LogP contribution in [0, 0.1) is 19.7 Å². The lowest BCUT2D eigenvalue weighted by Gasteiger charge is -2.13. The molecule has 0 saturated heterocycles. The minimum absolute atomic E-state index is 0.199. The molecule has 0 unspecified atom stereocenters. The number of nitrogens with one attached hydrogen (secondary N) is 1. The van der Waals surface area contributed by atoms with Gasteiger partial charge in [-0.15, -0.1) is 0 Å². The summed E-state index contributed by atoms with van der Waals surface area (Å²) in [6, 6.07) is 5.42. The van der Waals surface area contributed by atoms with E-state index in [9.17, 15) is 14.0 Å². The molecule has 2 rings (SSSR count). The highest BCUT2D eigenvalue weighted by Gasteiger charge is 2.24. The lowest BCUT2D eigenvalue weighted by molar-refractivity contribution is -0.123. The summed E-state index contributed by atoms with van der Waals surface area (Å²) in [6.07, 6.45) is -1.05. The topological polar surface area (TPSA) is 81.4 Å². The van der Waals surface area contributed by atoms with E-state index in [4.69, 9.17) is 9.26 Å². The molecule has 0 fully saturated rings. The van der Waals surface area contributed by atoms with Gasteiger partial charge in [-0.2, -0.15) is 0 Å². The number of halogens is 1. The third-order valence-corrected chi connectivity index (χ3v) is 2.98. The quantitative estimate of drug-likeness (QED) is 0.878. The van der Waals surface area contributed by atoms with Crippen molar-refractivity contribution in [2.75, 3.05) is 5.32 Å². The molecule has 2 aromatic rings. The Bertz CT molecular complexity index is 692. The van der Waals surface area contributed by atoms with E-state index in [2.05, 4.69) is 10.5 Å². The van der Waals surface area contributed by atoms with Crippen molar-refractivity contribution in [3.05, 3.63) is 47.1 Å². The molecule has 0 bridgehead atoms. The van der Waals surface area contributed by atoms with Gasteiger partial charge in [0.05, 0.1) is 5.69 Å². The fraction of sp³-hybridized carbons (Fsp3) is 0.267. The van der Waals surface area contributed by atoms with Crippen LogP contribution in [0.5, 0.6) is 0 Å². The highest BCUT2D eigenvalue weighted by molar-refractivity contribution is 5.97. The van der Waals surface area contributed by atoms with Crippen molar-refractivity contribution in [1.29, 1.82) is 0 Å². The molecule has 0 aliphatic heterocycles. The fourth-order valence-electron chi connectivity index (χ4n) is 1.86. The Morgan fingerprint density at radius 2 is 2.09 bits per heavy atom. The number of anilines is 1. The number of carbonyl (C=O) groups excluding carboxylic acids is 2. The summed E-state index contributed by atoms with van der Waals surface area (Å²) < 4.78 is 23.0. The van der Waals surface area contributed by atoms with Gasteiger partial charge in [0, 0.05) is 5.69 Å². The summed E-state index contributed by atoms with van der Waals surface area (Å²) in [4.78, 5) is 24.0. The van der Waals surface area contributed by atoms with Crippen LogP contribution in [-0.2, 0) is 9.53 Å². The first-order valence-electron chi connectivity index (χ1n) is 6.58. The molecule has 1 N–H and O–H groups in total. The zero-order valence-electron chi connectivity index (χ0n) is 12.3. The largest absolute Gasteiger partial charge is 0.449 e. The lowest BCUT2D eigenvalue weighted by Crippen LogP contribution is -2.30. The van der Waals surface area contributed by atoms with Crippen LogP contribution in [-0.4, -0.2) is 23.1 Å². The van der Waals surface area contributed by atoms with Crippen LogP contribution in [0.25, 0.3) is 0 Å². The van der Waals surface area contributed by atoms with Crippen LogP contribution < -0.4 is 5.32 Å². The van der Waals surface area contributed by atoms with Crippen LogP contribution in [0.1, 0.15) is 28.7 Å². The first kappa shape index (κ1) is 15.7. The van der Waals surface area contributed by atoms with Crippen LogP contribution in [0.2, 0.25) is 0 Å². The van der Waals surface area contributed by atoms with Gasteiger partial charge in [0.1, 0.15) is 17.1 Å². The Balaban J connectivity index is 2.01. The van der Waals surface area contributed by atoms with Crippen molar-refractivity contribution < 1.29 is 23.2 Å². The number of ether oxygens (including phenoxy) is 1. The molecule has 1 aromatic heterocycles. The number of benzene rings is 1. The van der Waals surface area contributed by atoms with E-state index in [1.165, 1.54) is 31.2 Å². The van der Waals surface area contributed by atoms with Crippen molar-refractivity contribution >= 4 is 17.6 Å². The summed E-state index contributed by atoms with van der Waals surface area (Å²) in [7, 11) is 0. The van der Waals surface area contributed by atoms with Crippen LogP contribution in [0.3, 0.4) is 0 Å². The second-order valence-electron chi connectivity index (χ2n) is 4.75. The molecule has 116 valence electrons. The monoisotopic (exact) mass is 306 g/mol. The average molecular weight is 306 g/mol. The minimum Gasteiger partial charge on any atom is -0.449 e. The maximum atomic E-state index is 13.0. The summed E-state index contributed by atoms with van der Waals surface area (Å²) in [6.45, 7) is 4.60. The first-order valence-corrected chi connectivity index (χ1v) is 6.58. The second-order valence-corrected chi connectivity index (χ2v) is 4.75. The molecule has 6 nitrogen and oxygen atoms in total. The van der Waals surface area contributed by atoms with Gasteiger partial charge in [0.25, 0.3) is 5.91 Å². The molecule has 0 aliphatic rings. The first-order chi connectivity index (χ1) is 10.4. The molecule has 0 radical (unpaired) electrons. The number of hydrogen-bond acceptors (Lipinski definition) is 5. The van der Waals surface area contributed by atoms with E-state index in [0.717, 1.165) is 0 Å². The third-order valence-electron chi connectivity index (χ3n) is 2.98. The fourth-order valence-corrected chi connectivity index (χ4v) is 1.86. The smallest absolute Gasteiger partial charge is 0.344 e. The molecule has 1 aromatic carbocycles. The molecule has 1 heterocycles. The van der Waals surface area contributed by atoms with Crippen LogP contribution >= 0.6 is 0 Å². The van der Waals surface area contributed by atoms with Crippen LogP contribution in [0.15, 0.2) is 28.8 Å². The van der Waals surface area contributed by atoms with Crippen molar-refractivity contribution in [2.45, 2.75) is 26.9 Å². The highest BCUT2D eigenvalue weighted by atomic mass is 19.1. The Labute approximate surface area is 126 Å². The number of aromatic nitrogens is 1. The Kier molecular flexibility index (Phi) is 4.55. The number of carbonyl (C=O) groups is 2. The second kappa shape index (κ2) is 6.38. The zero-order valence-corrected chi connectivity index (χ0v) is 12.3. The summed E-state index contributed by atoms with van der Waals surface area (Å²) in [5, 5.41) is 6.12. The third kappa shape index (κ3) is 3.49. The SMILES string of the molecule is Cc1noc(C)c1C(=O)O[C@@H](C)C(=O)Nc1cccc(F)c1. The van der Waals surface area contributed by atoms with E-state index in [-0.39, 0.29) is 11.3 Å². The number of aryl methyl sites for hydroxylation is 2. The Hall–Kier alpha value is -2.70. The van der Waals surface area contributed by atoms with Crippen LogP contribution in [0.4, 0.5) is 10.1 Å². The molecular formula is C15H15FN2O4. The number of amides is 1. The van der Waals surface area contributed by atoms with E-state index < -0.39 is 23.8 Å². The molecule has 0 saturated carbocycles. The molecule has 1 amide bonds. The number of esters is 1. The molecule has 1 atom stereocenters. The van der Waals surface area contributed by atoms with Gasteiger partial charge in [-0.25, -0.2) is 9.18 Å².